The zero-order valence-electron chi connectivity index (χ0n) is 56.1. The zero-order valence-corrected chi connectivity index (χ0v) is 59.1. The second-order valence-corrected chi connectivity index (χ2v) is 38.6. The molecule has 2 aliphatic carbocycles. The molecule has 0 aromatic heterocycles. The van der Waals surface area contributed by atoms with Gasteiger partial charge >= 0.3 is 0 Å². The summed E-state index contributed by atoms with van der Waals surface area (Å²) in [6, 6.07) is 168. The molecule has 0 unspecified atom stereocenters. The van der Waals surface area contributed by atoms with Crippen LogP contribution in [0.25, 0.3) is 22.3 Å². The van der Waals surface area contributed by atoms with Crippen LogP contribution in [0.1, 0.15) is 44.5 Å². The normalized spacial score (nSPS) is 13.3. The van der Waals surface area contributed by atoms with Gasteiger partial charge in [-0.15, -0.1) is 0 Å². The molecule has 0 radical (unpaired) electrons. The lowest BCUT2D eigenvalue weighted by molar-refractivity contribution is 0.769. The smallest absolute Gasteiger partial charge is 0.0623 e. The van der Waals surface area contributed by atoms with Gasteiger partial charge in [0.05, 0.1) is 10.8 Å². The monoisotopic (exact) mass is 1330 g/mol. The number of hydrogen-bond acceptors (Lipinski definition) is 0. The van der Waals surface area contributed by atoms with Crippen LogP contribution in [0.4, 0.5) is 0 Å². The van der Waals surface area contributed by atoms with Gasteiger partial charge in [-0.2, -0.15) is 0 Å². The lowest BCUT2D eigenvalue weighted by atomic mass is 9.68. The molecule has 0 saturated heterocycles. The summed E-state index contributed by atoms with van der Waals surface area (Å²) in [7, 11) is -9.52. The lowest BCUT2D eigenvalue weighted by Gasteiger charge is -2.37. The highest BCUT2D eigenvalue weighted by molar-refractivity contribution is 7.21. The number of hydrogen-bond donors (Lipinski definition) is 0. The van der Waals surface area contributed by atoms with Gasteiger partial charge in [-0.3, -0.25) is 0 Å². The molecule has 0 amide bonds. The predicted molar refractivity (Wildman–Crippen MR) is 432 cm³/mol. The predicted octanol–water partition coefficient (Wildman–Crippen LogP) is 14.5. The fourth-order valence-corrected chi connectivity index (χ4v) is 32.8. The van der Waals surface area contributed by atoms with Crippen molar-refractivity contribution in [2.24, 2.45) is 0 Å². The highest BCUT2D eigenvalue weighted by Gasteiger charge is 2.53. The van der Waals surface area contributed by atoms with Crippen LogP contribution in [0.5, 0.6) is 0 Å². The van der Waals surface area contributed by atoms with Gasteiger partial charge in [0.1, 0.15) is 0 Å². The van der Waals surface area contributed by atoms with E-state index in [-0.39, 0.29) is 0 Å². The third-order valence-electron chi connectivity index (χ3n) is 22.5. The van der Waals surface area contributed by atoms with Gasteiger partial charge < -0.3 is 0 Å². The number of rotatable bonds is 16. The Hall–Kier alpha value is -11.8. The molecule has 16 aromatic rings. The van der Waals surface area contributed by atoms with Crippen molar-refractivity contribution < 1.29 is 0 Å². The summed E-state index contributed by atoms with van der Waals surface area (Å²) in [6.07, 6.45) is 0. The first-order chi connectivity index (χ1) is 50.1. The van der Waals surface area contributed by atoms with E-state index >= 15 is 0 Å². The molecule has 0 N–H and O–H groups in total. The van der Waals surface area contributed by atoms with Crippen molar-refractivity contribution >= 4 is 86.5 Å². The van der Waals surface area contributed by atoms with Crippen molar-refractivity contribution in [2.75, 3.05) is 0 Å². The largest absolute Gasteiger partial charge is 0.179 e. The molecule has 16 aromatic carbocycles. The Kier molecular flexibility index (Phi) is 15.5. The Morgan fingerprint density at radius 3 is 0.426 bits per heavy atom. The van der Waals surface area contributed by atoms with Crippen LogP contribution in [-0.4, -0.2) is 24.2 Å². The van der Waals surface area contributed by atoms with Crippen molar-refractivity contribution in [2.45, 2.75) is 10.8 Å². The number of fused-ring (bicyclic) bond motifs is 6. The van der Waals surface area contributed by atoms with Crippen LogP contribution in [0.15, 0.2) is 437 Å². The highest BCUT2D eigenvalue weighted by Crippen LogP contribution is 2.58. The van der Waals surface area contributed by atoms with Crippen molar-refractivity contribution in [1.29, 1.82) is 0 Å². The molecule has 476 valence electrons. The van der Waals surface area contributed by atoms with Crippen LogP contribution in [0, 0.1) is 0 Å². The molecule has 101 heavy (non-hydrogen) atoms. The molecular formula is C98H72Si3. The highest BCUT2D eigenvalue weighted by atomic mass is 28.3. The zero-order chi connectivity index (χ0) is 67.3. The first-order valence-electron chi connectivity index (χ1n) is 35.4. The number of benzene rings is 16. The van der Waals surface area contributed by atoms with E-state index in [2.05, 4.69) is 437 Å². The maximum Gasteiger partial charge on any atom is 0.179 e. The molecule has 18 rings (SSSR count). The molecular weight excluding hydrogens is 1260 g/mol. The van der Waals surface area contributed by atoms with Crippen molar-refractivity contribution in [1.82, 2.24) is 0 Å². The summed E-state index contributed by atoms with van der Waals surface area (Å²) in [4.78, 5) is 0. The molecule has 0 fully saturated rings. The fraction of sp³-hybridized carbons (Fsp3) is 0.0204. The first-order valence-corrected chi connectivity index (χ1v) is 41.4. The molecule has 0 saturated carbocycles. The molecule has 0 heterocycles. The maximum absolute atomic E-state index is 3.44. The maximum atomic E-state index is 2.69. The standard InChI is InChI=1S/C98H72Si3/c1-13-37-73(38-14-1)97(74-39-15-2-16-40-74)93-65-61-85(99(77-45-21-5-22-46-77,78-47-23-6-24-48-78)79-49-25-7-26-50-79)69-89(93)91-71-87(63-67-95(91)97)101(83-57-33-11-34-58-83,84-59-35-12-36-60-84)88-64-68-96-92(72-88)90-70-86(62-66-94(90)98(96,75-41-17-3-18-42-75)76-43-19-4-20-44-76)100(80-51-27-8-28-52-80,81-53-29-9-30-54-81)82-55-31-10-32-56-82/h1-72H. The van der Waals surface area contributed by atoms with Gasteiger partial charge in [0, 0.05) is 0 Å². The van der Waals surface area contributed by atoms with E-state index in [0.717, 1.165) is 0 Å². The third kappa shape index (κ3) is 9.38. The van der Waals surface area contributed by atoms with Crippen molar-refractivity contribution in [3.63, 3.8) is 0 Å². The minimum atomic E-state index is -3.44. The summed E-state index contributed by atoms with van der Waals surface area (Å²) < 4.78 is 0. The van der Waals surface area contributed by atoms with Crippen LogP contribution in [-0.2, 0) is 10.8 Å². The Morgan fingerprint density at radius 1 is 0.129 bits per heavy atom. The van der Waals surface area contributed by atoms with Crippen LogP contribution >= 0.6 is 0 Å². The van der Waals surface area contributed by atoms with Crippen LogP contribution < -0.4 is 62.2 Å². The Labute approximate surface area is 596 Å². The molecule has 3 heteroatoms. The van der Waals surface area contributed by atoms with Crippen molar-refractivity contribution in [3.05, 3.63) is 481 Å². The Balaban J connectivity index is 0.957. The fourth-order valence-electron chi connectivity index (χ4n) is 18.4. The average Bonchev–Trinajstić information content (AvgIpc) is 1.55. The first kappa shape index (κ1) is 61.5. The Morgan fingerprint density at radius 2 is 0.267 bits per heavy atom. The van der Waals surface area contributed by atoms with Gasteiger partial charge in [-0.1, -0.05) is 437 Å². The minimum absolute atomic E-state index is 0.657. The van der Waals surface area contributed by atoms with E-state index in [1.807, 2.05) is 0 Å². The van der Waals surface area contributed by atoms with E-state index in [1.165, 1.54) is 129 Å². The van der Waals surface area contributed by atoms with Gasteiger partial charge in [-0.25, -0.2) is 0 Å². The van der Waals surface area contributed by atoms with E-state index in [0.29, 0.717) is 0 Å². The van der Waals surface area contributed by atoms with Gasteiger partial charge in [0.15, 0.2) is 24.2 Å². The van der Waals surface area contributed by atoms with Gasteiger partial charge in [-0.05, 0) is 129 Å². The summed E-state index contributed by atoms with van der Waals surface area (Å²) >= 11 is 0. The summed E-state index contributed by atoms with van der Waals surface area (Å²) in [5.74, 6) is 0. The molecule has 0 aliphatic heterocycles. The quantitative estimate of drug-likeness (QED) is 0.0668. The summed E-state index contributed by atoms with van der Waals surface area (Å²) in [5, 5.41) is 16.1. The topological polar surface area (TPSA) is 0 Å². The second-order valence-electron chi connectivity index (χ2n) is 27.2. The molecule has 0 spiro atoms. The minimum Gasteiger partial charge on any atom is -0.0623 e. The van der Waals surface area contributed by atoms with Crippen LogP contribution in [0.2, 0.25) is 0 Å². The summed E-state index contributed by atoms with van der Waals surface area (Å²) in [6.45, 7) is 0. The third-order valence-corrected chi connectivity index (χ3v) is 36.8. The van der Waals surface area contributed by atoms with Gasteiger partial charge in [0.2, 0.25) is 0 Å². The van der Waals surface area contributed by atoms with Crippen molar-refractivity contribution in [3.8, 4) is 22.3 Å². The van der Waals surface area contributed by atoms with Crippen LogP contribution in [0.3, 0.4) is 0 Å². The molecule has 0 bridgehead atoms. The lowest BCUT2D eigenvalue weighted by Crippen LogP contribution is -2.75. The molecule has 2 aliphatic rings. The second kappa shape index (κ2) is 25.5. The van der Waals surface area contributed by atoms with E-state index < -0.39 is 35.1 Å². The molecule has 0 atom stereocenters. The Bertz CT molecular complexity index is 4960. The average molecular weight is 1330 g/mol. The summed E-state index contributed by atoms with van der Waals surface area (Å²) in [5.41, 5.74) is 13.9. The van der Waals surface area contributed by atoms with Gasteiger partial charge in [0.25, 0.3) is 0 Å². The SMILES string of the molecule is c1ccc(C2(c3ccccc3)c3ccc([Si](c4ccccc4)(c4ccccc4)c4ccccc4)cc3-c3cc([Si](c4ccccc4)(c4ccccc4)c4ccc5c(c4)-c4cc([Si](c6ccccc6)(c6ccccc6)c6ccccc6)ccc4C5(c4ccccc4)c4ccccc4)ccc32)cc1. The van der Waals surface area contributed by atoms with E-state index in [1.54, 1.807) is 0 Å². The molecule has 0 nitrogen and oxygen atoms in total. The van der Waals surface area contributed by atoms with E-state index in [4.69, 9.17) is 0 Å². The van der Waals surface area contributed by atoms with E-state index in [9.17, 15) is 0 Å².